The molecule has 0 radical (unpaired) electrons. The van der Waals surface area contributed by atoms with Crippen molar-refractivity contribution in [1.82, 2.24) is 5.32 Å². The van der Waals surface area contributed by atoms with E-state index in [-0.39, 0.29) is 0 Å². The lowest BCUT2D eigenvalue weighted by Crippen LogP contribution is -2.10. The van der Waals surface area contributed by atoms with E-state index in [0.717, 1.165) is 30.2 Å². The first-order valence-corrected chi connectivity index (χ1v) is 6.01. The Morgan fingerprint density at radius 3 is 3.12 bits per heavy atom. The molecule has 1 aromatic rings. The van der Waals surface area contributed by atoms with Crippen LogP contribution in [0.5, 0.6) is 11.5 Å². The molecule has 4 heteroatoms. The van der Waals surface area contributed by atoms with Crippen molar-refractivity contribution in [2.45, 2.75) is 18.9 Å². The van der Waals surface area contributed by atoms with Crippen molar-refractivity contribution in [3.05, 3.63) is 23.3 Å². The zero-order valence-electron chi connectivity index (χ0n) is 9.99. The molecule has 1 aromatic carbocycles. The molecule has 0 aliphatic carbocycles. The van der Waals surface area contributed by atoms with Gasteiger partial charge in [0.15, 0.2) is 11.5 Å². The Morgan fingerprint density at radius 2 is 2.35 bits per heavy atom. The third-order valence-corrected chi connectivity index (χ3v) is 3.47. The Labute approximate surface area is 101 Å². The van der Waals surface area contributed by atoms with Crippen LogP contribution in [0.2, 0.25) is 0 Å². The molecule has 2 aliphatic heterocycles. The highest BCUT2D eigenvalue weighted by atomic mass is 16.7. The van der Waals surface area contributed by atoms with E-state index in [1.807, 2.05) is 6.07 Å². The Morgan fingerprint density at radius 1 is 1.41 bits per heavy atom. The molecule has 0 amide bonds. The first kappa shape index (κ1) is 10.9. The SMILES string of the molecule is COCc1c(C2CCNC2)ccc2c1OCO2. The van der Waals surface area contributed by atoms with E-state index in [2.05, 4.69) is 11.4 Å². The number of nitrogens with one attached hydrogen (secondary N) is 1. The summed E-state index contributed by atoms with van der Waals surface area (Å²) in [5, 5.41) is 3.39. The van der Waals surface area contributed by atoms with Crippen molar-refractivity contribution in [1.29, 1.82) is 0 Å². The van der Waals surface area contributed by atoms with Crippen LogP contribution in [0, 0.1) is 0 Å². The van der Waals surface area contributed by atoms with Gasteiger partial charge in [0.2, 0.25) is 6.79 Å². The van der Waals surface area contributed by atoms with Crippen LogP contribution in [0.3, 0.4) is 0 Å². The highest BCUT2D eigenvalue weighted by Gasteiger charge is 2.26. The van der Waals surface area contributed by atoms with E-state index < -0.39 is 0 Å². The summed E-state index contributed by atoms with van der Waals surface area (Å²) in [5.41, 5.74) is 2.48. The van der Waals surface area contributed by atoms with Gasteiger partial charge in [0.25, 0.3) is 0 Å². The maximum absolute atomic E-state index is 5.56. The van der Waals surface area contributed by atoms with Gasteiger partial charge in [0, 0.05) is 19.2 Å². The first-order chi connectivity index (χ1) is 8.40. The largest absolute Gasteiger partial charge is 0.454 e. The van der Waals surface area contributed by atoms with E-state index >= 15 is 0 Å². The monoisotopic (exact) mass is 235 g/mol. The van der Waals surface area contributed by atoms with Gasteiger partial charge < -0.3 is 19.5 Å². The van der Waals surface area contributed by atoms with Crippen LogP contribution in [-0.2, 0) is 11.3 Å². The quantitative estimate of drug-likeness (QED) is 0.864. The second kappa shape index (κ2) is 4.55. The third kappa shape index (κ3) is 1.87. The van der Waals surface area contributed by atoms with Gasteiger partial charge in [-0.3, -0.25) is 0 Å². The smallest absolute Gasteiger partial charge is 0.231 e. The molecule has 2 aliphatic rings. The predicted octanol–water partition coefficient (Wildman–Crippen LogP) is 1.64. The fourth-order valence-electron chi connectivity index (χ4n) is 2.64. The van der Waals surface area contributed by atoms with E-state index in [9.17, 15) is 0 Å². The highest BCUT2D eigenvalue weighted by Crippen LogP contribution is 2.41. The number of methoxy groups -OCH3 is 1. The number of rotatable bonds is 3. The second-order valence-electron chi connectivity index (χ2n) is 4.49. The van der Waals surface area contributed by atoms with E-state index in [0.29, 0.717) is 19.3 Å². The summed E-state index contributed by atoms with van der Waals surface area (Å²) in [6.45, 7) is 3.03. The topological polar surface area (TPSA) is 39.7 Å². The van der Waals surface area contributed by atoms with Gasteiger partial charge in [-0.2, -0.15) is 0 Å². The lowest BCUT2D eigenvalue weighted by molar-refractivity contribution is 0.162. The van der Waals surface area contributed by atoms with Crippen LogP contribution >= 0.6 is 0 Å². The zero-order chi connectivity index (χ0) is 11.7. The van der Waals surface area contributed by atoms with Crippen LogP contribution in [0.4, 0.5) is 0 Å². The van der Waals surface area contributed by atoms with Crippen molar-refractivity contribution in [2.24, 2.45) is 0 Å². The lowest BCUT2D eigenvalue weighted by Gasteiger charge is -2.16. The van der Waals surface area contributed by atoms with Crippen LogP contribution in [0.25, 0.3) is 0 Å². The molecule has 17 heavy (non-hydrogen) atoms. The summed E-state index contributed by atoms with van der Waals surface area (Å²) in [4.78, 5) is 0. The molecular weight excluding hydrogens is 218 g/mol. The molecule has 1 saturated heterocycles. The molecular formula is C13H17NO3. The lowest BCUT2D eigenvalue weighted by atomic mass is 9.93. The normalized spacial score (nSPS) is 22.1. The minimum atomic E-state index is 0.318. The van der Waals surface area contributed by atoms with Gasteiger partial charge in [0.1, 0.15) is 0 Å². The maximum Gasteiger partial charge on any atom is 0.231 e. The standard InChI is InChI=1S/C13H17NO3/c1-15-7-11-10(9-4-5-14-6-9)2-3-12-13(11)17-8-16-12/h2-3,9,14H,4-8H2,1H3. The molecule has 0 spiro atoms. The van der Waals surface area contributed by atoms with E-state index in [1.165, 1.54) is 12.0 Å². The third-order valence-electron chi connectivity index (χ3n) is 3.47. The van der Waals surface area contributed by atoms with E-state index in [1.54, 1.807) is 7.11 Å². The van der Waals surface area contributed by atoms with Gasteiger partial charge >= 0.3 is 0 Å². The van der Waals surface area contributed by atoms with Crippen LogP contribution < -0.4 is 14.8 Å². The summed E-state index contributed by atoms with van der Waals surface area (Å²) in [5.74, 6) is 2.28. The molecule has 1 N–H and O–H groups in total. The fourth-order valence-corrected chi connectivity index (χ4v) is 2.64. The molecule has 1 unspecified atom stereocenters. The molecule has 0 aromatic heterocycles. The summed E-state index contributed by atoms with van der Waals surface area (Å²) >= 11 is 0. The van der Waals surface area contributed by atoms with Gasteiger partial charge in [0.05, 0.1) is 6.61 Å². The summed E-state index contributed by atoms with van der Waals surface area (Å²) in [6.07, 6.45) is 1.18. The molecule has 1 fully saturated rings. The van der Waals surface area contributed by atoms with E-state index in [4.69, 9.17) is 14.2 Å². The molecule has 0 bridgehead atoms. The number of fused-ring (bicyclic) bond motifs is 1. The van der Waals surface area contributed by atoms with Crippen molar-refractivity contribution in [3.63, 3.8) is 0 Å². The van der Waals surface area contributed by atoms with Crippen molar-refractivity contribution < 1.29 is 14.2 Å². The van der Waals surface area contributed by atoms with Gasteiger partial charge in [-0.05, 0) is 30.5 Å². The Kier molecular flexibility index (Phi) is 2.91. The Balaban J connectivity index is 2.01. The van der Waals surface area contributed by atoms with Crippen LogP contribution in [0.1, 0.15) is 23.5 Å². The molecule has 92 valence electrons. The van der Waals surface area contributed by atoms with Gasteiger partial charge in [-0.25, -0.2) is 0 Å². The van der Waals surface area contributed by atoms with Crippen molar-refractivity contribution in [3.8, 4) is 11.5 Å². The number of benzene rings is 1. The number of hydrogen-bond donors (Lipinski definition) is 1. The Hall–Kier alpha value is -1.26. The summed E-state index contributed by atoms with van der Waals surface area (Å²) in [7, 11) is 1.71. The zero-order valence-corrected chi connectivity index (χ0v) is 9.99. The molecule has 1 atom stereocenters. The summed E-state index contributed by atoms with van der Waals surface area (Å²) < 4.78 is 16.3. The van der Waals surface area contributed by atoms with Crippen LogP contribution in [0.15, 0.2) is 12.1 Å². The molecule has 4 nitrogen and oxygen atoms in total. The number of ether oxygens (including phenoxy) is 3. The number of hydrogen-bond acceptors (Lipinski definition) is 4. The predicted molar refractivity (Wildman–Crippen MR) is 63.5 cm³/mol. The van der Waals surface area contributed by atoms with Crippen molar-refractivity contribution in [2.75, 3.05) is 27.0 Å². The second-order valence-corrected chi connectivity index (χ2v) is 4.49. The minimum absolute atomic E-state index is 0.318. The molecule has 0 saturated carbocycles. The van der Waals surface area contributed by atoms with Crippen LogP contribution in [-0.4, -0.2) is 27.0 Å². The van der Waals surface area contributed by atoms with Crippen molar-refractivity contribution >= 4 is 0 Å². The fraction of sp³-hybridized carbons (Fsp3) is 0.538. The molecule has 3 rings (SSSR count). The van der Waals surface area contributed by atoms with Gasteiger partial charge in [-0.15, -0.1) is 0 Å². The minimum Gasteiger partial charge on any atom is -0.454 e. The first-order valence-electron chi connectivity index (χ1n) is 6.01. The maximum atomic E-state index is 5.56. The van der Waals surface area contributed by atoms with Gasteiger partial charge in [-0.1, -0.05) is 6.07 Å². The average Bonchev–Trinajstić information content (AvgIpc) is 3.00. The highest BCUT2D eigenvalue weighted by molar-refractivity contribution is 5.53. The average molecular weight is 235 g/mol. The molecule has 2 heterocycles. The Bertz CT molecular complexity index is 413. The summed E-state index contributed by atoms with van der Waals surface area (Å²) in [6, 6.07) is 4.16.